The number of hydrogen-bond donors (Lipinski definition) is 2. The summed E-state index contributed by atoms with van der Waals surface area (Å²) in [6.45, 7) is 8.62. The molecule has 0 saturated heterocycles. The van der Waals surface area contributed by atoms with Crippen molar-refractivity contribution in [3.8, 4) is 0 Å². The van der Waals surface area contributed by atoms with Crippen LogP contribution in [0.2, 0.25) is 0 Å². The van der Waals surface area contributed by atoms with E-state index in [4.69, 9.17) is 10.5 Å². The van der Waals surface area contributed by atoms with Crippen molar-refractivity contribution >= 4 is 11.7 Å². The Balaban J connectivity index is 2.91. The first-order chi connectivity index (χ1) is 9.35. The Morgan fingerprint density at radius 3 is 2.50 bits per heavy atom. The van der Waals surface area contributed by atoms with Crippen molar-refractivity contribution in [2.24, 2.45) is 5.92 Å². The highest BCUT2D eigenvalue weighted by atomic mass is 16.5. The second-order valence-electron chi connectivity index (χ2n) is 5.64. The van der Waals surface area contributed by atoms with Crippen LogP contribution in [0.4, 0.5) is 5.82 Å². The molecule has 0 spiro atoms. The number of nitrogen functional groups attached to an aromatic ring is 1. The number of aromatic nitrogens is 1. The van der Waals surface area contributed by atoms with Crippen molar-refractivity contribution in [3.05, 3.63) is 23.4 Å². The Morgan fingerprint density at radius 2 is 2.00 bits per heavy atom. The molecule has 20 heavy (non-hydrogen) atoms. The lowest BCUT2D eigenvalue weighted by molar-refractivity contribution is 0.0866. The molecule has 1 aromatic rings. The summed E-state index contributed by atoms with van der Waals surface area (Å²) in [5.41, 5.74) is 7.14. The van der Waals surface area contributed by atoms with E-state index in [2.05, 4.69) is 10.3 Å². The van der Waals surface area contributed by atoms with Crippen LogP contribution < -0.4 is 11.1 Å². The minimum Gasteiger partial charge on any atom is -0.384 e. The fraction of sp³-hybridized carbons (Fsp3) is 0.600. The number of carbonyl (C=O) groups is 1. The molecule has 0 aliphatic carbocycles. The summed E-state index contributed by atoms with van der Waals surface area (Å²) >= 11 is 0. The van der Waals surface area contributed by atoms with E-state index in [9.17, 15) is 4.79 Å². The van der Waals surface area contributed by atoms with Gasteiger partial charge in [-0.05, 0) is 24.0 Å². The quantitative estimate of drug-likeness (QED) is 0.836. The lowest BCUT2D eigenvalue weighted by atomic mass is 10.0. The van der Waals surface area contributed by atoms with E-state index in [0.717, 1.165) is 5.69 Å². The van der Waals surface area contributed by atoms with Gasteiger partial charge in [-0.3, -0.25) is 4.79 Å². The number of hydrogen-bond acceptors (Lipinski definition) is 4. The van der Waals surface area contributed by atoms with Crippen LogP contribution >= 0.6 is 0 Å². The lowest BCUT2D eigenvalue weighted by Gasteiger charge is -2.21. The number of nitrogens with two attached hydrogens (primary N) is 1. The molecule has 5 heteroatoms. The molecular formula is C15H25N3O2. The minimum absolute atomic E-state index is 0.0237. The molecule has 1 rings (SSSR count). The van der Waals surface area contributed by atoms with E-state index in [0.29, 0.717) is 23.9 Å². The smallest absolute Gasteiger partial charge is 0.251 e. The molecular weight excluding hydrogens is 254 g/mol. The summed E-state index contributed by atoms with van der Waals surface area (Å²) in [5, 5.41) is 2.98. The van der Waals surface area contributed by atoms with E-state index < -0.39 is 0 Å². The van der Waals surface area contributed by atoms with Gasteiger partial charge in [0, 0.05) is 18.4 Å². The molecule has 0 aliphatic rings. The highest BCUT2D eigenvalue weighted by Crippen LogP contribution is 2.16. The zero-order valence-corrected chi connectivity index (χ0v) is 12.9. The van der Waals surface area contributed by atoms with Gasteiger partial charge in [0.2, 0.25) is 0 Å². The molecule has 5 nitrogen and oxygen atoms in total. The Hall–Kier alpha value is -1.62. The van der Waals surface area contributed by atoms with Crippen LogP contribution in [-0.2, 0) is 4.74 Å². The predicted molar refractivity (Wildman–Crippen MR) is 80.7 cm³/mol. The molecule has 1 aromatic heterocycles. The molecule has 1 heterocycles. The van der Waals surface area contributed by atoms with Crippen LogP contribution in [0.25, 0.3) is 0 Å². The first-order valence-electron chi connectivity index (χ1n) is 6.92. The molecule has 0 bridgehead atoms. The van der Waals surface area contributed by atoms with Crippen molar-refractivity contribution < 1.29 is 9.53 Å². The molecule has 1 atom stereocenters. The lowest BCUT2D eigenvalue weighted by Crippen LogP contribution is -2.41. The van der Waals surface area contributed by atoms with Crippen LogP contribution in [0.5, 0.6) is 0 Å². The fourth-order valence-corrected chi connectivity index (χ4v) is 1.83. The second kappa shape index (κ2) is 7.24. The van der Waals surface area contributed by atoms with E-state index in [-0.39, 0.29) is 17.9 Å². The number of methoxy groups -OCH3 is 1. The maximum atomic E-state index is 12.3. The Kier molecular flexibility index (Phi) is 5.95. The second-order valence-corrected chi connectivity index (χ2v) is 5.64. The highest BCUT2D eigenvalue weighted by Gasteiger charge is 2.18. The van der Waals surface area contributed by atoms with Gasteiger partial charge >= 0.3 is 0 Å². The number of nitrogens with one attached hydrogen (secondary N) is 1. The summed E-state index contributed by atoms with van der Waals surface area (Å²) in [6.07, 6.45) is 0. The van der Waals surface area contributed by atoms with Crippen molar-refractivity contribution in [1.29, 1.82) is 0 Å². The molecule has 1 amide bonds. The SMILES string of the molecule is COCC(NC(=O)c1cc(N)nc(C(C)C)c1)C(C)C. The molecule has 0 fully saturated rings. The van der Waals surface area contributed by atoms with Gasteiger partial charge in [-0.25, -0.2) is 4.98 Å². The van der Waals surface area contributed by atoms with Gasteiger partial charge in [0.25, 0.3) is 5.91 Å². The van der Waals surface area contributed by atoms with Gasteiger partial charge in [0.05, 0.1) is 12.6 Å². The first kappa shape index (κ1) is 16.4. The van der Waals surface area contributed by atoms with E-state index in [1.165, 1.54) is 0 Å². The predicted octanol–water partition coefficient (Wildman–Crippen LogP) is 2.19. The molecule has 0 saturated carbocycles. The average molecular weight is 279 g/mol. The number of ether oxygens (including phenoxy) is 1. The summed E-state index contributed by atoms with van der Waals surface area (Å²) in [7, 11) is 1.63. The van der Waals surface area contributed by atoms with Crippen molar-refractivity contribution in [1.82, 2.24) is 10.3 Å². The third-order valence-electron chi connectivity index (χ3n) is 3.19. The number of pyridine rings is 1. The minimum atomic E-state index is -0.142. The number of carbonyl (C=O) groups excluding carboxylic acids is 1. The molecule has 0 aliphatic heterocycles. The zero-order valence-electron chi connectivity index (χ0n) is 12.9. The fourth-order valence-electron chi connectivity index (χ4n) is 1.83. The van der Waals surface area contributed by atoms with Gasteiger partial charge in [-0.2, -0.15) is 0 Å². The molecule has 1 unspecified atom stereocenters. The largest absolute Gasteiger partial charge is 0.384 e. The third kappa shape index (κ3) is 4.49. The van der Waals surface area contributed by atoms with E-state index in [1.807, 2.05) is 27.7 Å². The molecule has 0 radical (unpaired) electrons. The number of amides is 1. The third-order valence-corrected chi connectivity index (χ3v) is 3.19. The number of nitrogens with zero attached hydrogens (tertiary/aromatic N) is 1. The topological polar surface area (TPSA) is 77.2 Å². The molecule has 112 valence electrons. The zero-order chi connectivity index (χ0) is 15.3. The van der Waals surface area contributed by atoms with Gasteiger partial charge in [-0.1, -0.05) is 27.7 Å². The average Bonchev–Trinajstić information content (AvgIpc) is 2.37. The van der Waals surface area contributed by atoms with Crippen LogP contribution in [0, 0.1) is 5.92 Å². The van der Waals surface area contributed by atoms with Crippen LogP contribution in [0.1, 0.15) is 49.7 Å². The number of rotatable bonds is 6. The van der Waals surface area contributed by atoms with Gasteiger partial charge in [-0.15, -0.1) is 0 Å². The van der Waals surface area contributed by atoms with Crippen LogP contribution in [-0.4, -0.2) is 30.6 Å². The summed E-state index contributed by atoms with van der Waals surface area (Å²) in [4.78, 5) is 16.6. The molecule has 3 N–H and O–H groups in total. The Bertz CT molecular complexity index is 458. The maximum Gasteiger partial charge on any atom is 0.251 e. The summed E-state index contributed by atoms with van der Waals surface area (Å²) < 4.78 is 5.14. The standard InChI is InChI=1S/C15H25N3O2/c1-9(2)12-6-11(7-14(16)17-12)15(19)18-13(8-20-5)10(3)4/h6-7,9-10,13H,8H2,1-5H3,(H2,16,17)(H,18,19). The van der Waals surface area contributed by atoms with E-state index in [1.54, 1.807) is 19.2 Å². The van der Waals surface area contributed by atoms with Crippen molar-refractivity contribution in [2.75, 3.05) is 19.5 Å². The van der Waals surface area contributed by atoms with Gasteiger partial charge in [0.15, 0.2) is 0 Å². The summed E-state index contributed by atoms with van der Waals surface area (Å²) in [6, 6.07) is 3.37. The Labute approximate surface area is 120 Å². The van der Waals surface area contributed by atoms with Crippen molar-refractivity contribution in [3.63, 3.8) is 0 Å². The van der Waals surface area contributed by atoms with Crippen LogP contribution in [0.15, 0.2) is 12.1 Å². The Morgan fingerprint density at radius 1 is 1.35 bits per heavy atom. The normalized spacial score (nSPS) is 12.8. The first-order valence-corrected chi connectivity index (χ1v) is 6.92. The summed E-state index contributed by atoms with van der Waals surface area (Å²) in [5.74, 6) is 0.749. The van der Waals surface area contributed by atoms with Crippen molar-refractivity contribution in [2.45, 2.75) is 39.7 Å². The van der Waals surface area contributed by atoms with E-state index >= 15 is 0 Å². The van der Waals surface area contributed by atoms with Crippen LogP contribution in [0.3, 0.4) is 0 Å². The maximum absolute atomic E-state index is 12.3. The monoisotopic (exact) mass is 279 g/mol. The highest BCUT2D eigenvalue weighted by molar-refractivity contribution is 5.95. The van der Waals surface area contributed by atoms with Gasteiger partial charge in [0.1, 0.15) is 5.82 Å². The van der Waals surface area contributed by atoms with Gasteiger partial charge < -0.3 is 15.8 Å². The molecule has 0 aromatic carbocycles. The number of anilines is 1.